The number of aromatic nitrogens is 1. The predicted molar refractivity (Wildman–Crippen MR) is 110 cm³/mol. The number of carbonyl (C=O) groups is 1. The molecule has 0 fully saturated rings. The summed E-state index contributed by atoms with van der Waals surface area (Å²) in [6, 6.07) is 8.89. The quantitative estimate of drug-likeness (QED) is 0.859. The number of amides is 1. The van der Waals surface area contributed by atoms with Gasteiger partial charge in [-0.3, -0.25) is 9.69 Å². The van der Waals surface area contributed by atoms with Crippen LogP contribution in [0.5, 0.6) is 0 Å². The van der Waals surface area contributed by atoms with Crippen molar-refractivity contribution in [3.8, 4) is 0 Å². The van der Waals surface area contributed by atoms with Crippen molar-refractivity contribution in [1.82, 2.24) is 14.8 Å². The van der Waals surface area contributed by atoms with E-state index in [0.717, 1.165) is 49.3 Å². The first-order valence-electron chi connectivity index (χ1n) is 9.81. The average Bonchev–Trinajstić information content (AvgIpc) is 2.84. The molecule has 150 valence electrons. The Bertz CT molecular complexity index is 833. The van der Waals surface area contributed by atoms with E-state index in [4.69, 9.17) is 4.98 Å². The van der Waals surface area contributed by atoms with Gasteiger partial charge in [0.15, 0.2) is 0 Å². The van der Waals surface area contributed by atoms with Crippen molar-refractivity contribution in [2.24, 2.45) is 0 Å². The fourth-order valence-electron chi connectivity index (χ4n) is 3.47. The highest BCUT2D eigenvalue weighted by Crippen LogP contribution is 2.24. The van der Waals surface area contributed by atoms with E-state index in [2.05, 4.69) is 10.2 Å². The fourth-order valence-corrected chi connectivity index (χ4v) is 3.47. The van der Waals surface area contributed by atoms with Crippen LogP contribution in [0.1, 0.15) is 41.0 Å². The van der Waals surface area contributed by atoms with Gasteiger partial charge in [-0.15, -0.1) is 0 Å². The van der Waals surface area contributed by atoms with E-state index < -0.39 is 0 Å². The Kier molecular flexibility index (Phi) is 6.29. The summed E-state index contributed by atoms with van der Waals surface area (Å²) in [7, 11) is 3.52. The number of benzene rings is 1. The molecule has 2 heterocycles. The summed E-state index contributed by atoms with van der Waals surface area (Å²) in [5, 5.41) is 3.33. The van der Waals surface area contributed by atoms with Crippen LogP contribution >= 0.6 is 0 Å². The zero-order valence-corrected chi connectivity index (χ0v) is 17.1. The van der Waals surface area contributed by atoms with Crippen molar-refractivity contribution in [3.63, 3.8) is 0 Å². The van der Waals surface area contributed by atoms with Gasteiger partial charge in [0.2, 0.25) is 0 Å². The van der Waals surface area contributed by atoms with Gasteiger partial charge in [-0.25, -0.2) is 9.37 Å². The first-order valence-corrected chi connectivity index (χ1v) is 9.81. The van der Waals surface area contributed by atoms with Crippen LogP contribution < -0.4 is 5.32 Å². The van der Waals surface area contributed by atoms with Crippen LogP contribution in [0, 0.1) is 5.82 Å². The lowest BCUT2D eigenvalue weighted by molar-refractivity contribution is 0.0828. The maximum atomic E-state index is 13.1. The Morgan fingerprint density at radius 2 is 1.89 bits per heavy atom. The molecule has 0 saturated heterocycles. The minimum atomic E-state index is -0.209. The molecule has 1 amide bonds. The van der Waals surface area contributed by atoms with Crippen LogP contribution in [-0.2, 0) is 19.4 Å². The molecule has 3 rings (SSSR count). The first-order chi connectivity index (χ1) is 13.3. The number of nitrogens with one attached hydrogen (secondary N) is 1. The van der Waals surface area contributed by atoms with Crippen LogP contribution in [-0.4, -0.2) is 53.9 Å². The van der Waals surface area contributed by atoms with Crippen LogP contribution in [0.3, 0.4) is 0 Å². The van der Waals surface area contributed by atoms with Gasteiger partial charge < -0.3 is 10.2 Å². The number of hydrogen-bond acceptors (Lipinski definition) is 4. The number of halogens is 1. The molecule has 0 aliphatic carbocycles. The Labute approximate surface area is 166 Å². The van der Waals surface area contributed by atoms with Crippen LogP contribution in [0.15, 0.2) is 30.3 Å². The van der Waals surface area contributed by atoms with E-state index in [-0.39, 0.29) is 17.8 Å². The highest BCUT2D eigenvalue weighted by atomic mass is 19.1. The van der Waals surface area contributed by atoms with E-state index in [0.29, 0.717) is 11.4 Å². The van der Waals surface area contributed by atoms with E-state index in [1.807, 2.05) is 32.0 Å². The number of fused-ring (bicyclic) bond motifs is 1. The second kappa shape index (κ2) is 8.69. The largest absolute Gasteiger partial charge is 0.367 e. The zero-order valence-electron chi connectivity index (χ0n) is 17.1. The predicted octanol–water partition coefficient (Wildman–Crippen LogP) is 3.34. The summed E-state index contributed by atoms with van der Waals surface area (Å²) in [5.41, 5.74) is 3.93. The summed E-state index contributed by atoms with van der Waals surface area (Å²) in [5.74, 6) is 0.421. The van der Waals surface area contributed by atoms with E-state index in [9.17, 15) is 9.18 Å². The highest BCUT2D eigenvalue weighted by molar-refractivity contribution is 5.98. The molecule has 1 N–H and O–H groups in total. The van der Waals surface area contributed by atoms with Crippen LogP contribution in [0.4, 0.5) is 10.2 Å². The van der Waals surface area contributed by atoms with E-state index >= 15 is 0 Å². The molecule has 0 radical (unpaired) electrons. The average molecular weight is 384 g/mol. The molecule has 1 aliphatic rings. The van der Waals surface area contributed by atoms with Gasteiger partial charge in [-0.05, 0) is 49.6 Å². The van der Waals surface area contributed by atoms with Crippen LogP contribution in [0.2, 0.25) is 0 Å². The molecule has 28 heavy (non-hydrogen) atoms. The first kappa shape index (κ1) is 20.3. The number of nitrogens with zero attached hydrogens (tertiary/aromatic N) is 3. The number of carbonyl (C=O) groups excluding carboxylic acids is 1. The second-order valence-corrected chi connectivity index (χ2v) is 7.89. The van der Waals surface area contributed by atoms with E-state index in [1.165, 1.54) is 12.1 Å². The third-order valence-corrected chi connectivity index (χ3v) is 4.93. The maximum absolute atomic E-state index is 13.1. The third kappa shape index (κ3) is 4.87. The van der Waals surface area contributed by atoms with Gasteiger partial charge in [0.1, 0.15) is 11.6 Å². The summed E-state index contributed by atoms with van der Waals surface area (Å²) >= 11 is 0. The Morgan fingerprint density at radius 3 is 2.54 bits per heavy atom. The summed E-state index contributed by atoms with van der Waals surface area (Å²) in [6.45, 7) is 6.65. The summed E-state index contributed by atoms with van der Waals surface area (Å²) in [4.78, 5) is 21.4. The zero-order chi connectivity index (χ0) is 20.3. The molecule has 1 aromatic heterocycles. The standard InChI is InChI=1S/C22H29FN4O/c1-15(2)24-21-19(22(28)26(3)4)13-17-9-11-27(12-10-20(17)25-21)14-16-5-7-18(23)8-6-16/h5-8,13,15H,9-12,14H2,1-4H3,(H,24,25). The van der Waals surface area contributed by atoms with Crippen molar-refractivity contribution in [3.05, 3.63) is 58.5 Å². The molecule has 6 heteroatoms. The summed E-state index contributed by atoms with van der Waals surface area (Å²) < 4.78 is 13.1. The number of pyridine rings is 1. The Hall–Kier alpha value is -2.47. The molecule has 0 spiro atoms. The molecule has 0 atom stereocenters. The van der Waals surface area contributed by atoms with Gasteiger partial charge in [-0.2, -0.15) is 0 Å². The minimum absolute atomic E-state index is 0.0362. The van der Waals surface area contributed by atoms with Crippen molar-refractivity contribution in [2.45, 2.75) is 39.3 Å². The highest BCUT2D eigenvalue weighted by Gasteiger charge is 2.22. The van der Waals surface area contributed by atoms with Crippen molar-refractivity contribution >= 4 is 11.7 Å². The molecule has 2 aromatic rings. The monoisotopic (exact) mass is 384 g/mol. The molecule has 0 bridgehead atoms. The number of rotatable bonds is 5. The molecule has 0 unspecified atom stereocenters. The SMILES string of the molecule is CC(C)Nc1nc2c(cc1C(=O)N(C)C)CCN(Cc1ccc(F)cc1)CC2. The fraction of sp³-hybridized carbons (Fsp3) is 0.455. The Morgan fingerprint density at radius 1 is 1.21 bits per heavy atom. The topological polar surface area (TPSA) is 48.5 Å². The number of hydrogen-bond donors (Lipinski definition) is 1. The summed E-state index contributed by atoms with van der Waals surface area (Å²) in [6.07, 6.45) is 1.68. The maximum Gasteiger partial charge on any atom is 0.257 e. The van der Waals surface area contributed by atoms with Gasteiger partial charge >= 0.3 is 0 Å². The smallest absolute Gasteiger partial charge is 0.257 e. The van der Waals surface area contributed by atoms with Crippen molar-refractivity contribution in [1.29, 1.82) is 0 Å². The third-order valence-electron chi connectivity index (χ3n) is 4.93. The minimum Gasteiger partial charge on any atom is -0.367 e. The molecule has 1 aromatic carbocycles. The molecular formula is C22H29FN4O. The second-order valence-electron chi connectivity index (χ2n) is 7.89. The Balaban J connectivity index is 1.81. The van der Waals surface area contributed by atoms with Gasteiger partial charge in [0.05, 0.1) is 5.56 Å². The molecule has 0 saturated carbocycles. The van der Waals surface area contributed by atoms with Crippen LogP contribution in [0.25, 0.3) is 0 Å². The van der Waals surface area contributed by atoms with E-state index in [1.54, 1.807) is 19.0 Å². The van der Waals surface area contributed by atoms with Crippen molar-refractivity contribution < 1.29 is 9.18 Å². The van der Waals surface area contributed by atoms with Gasteiger partial charge in [0, 0.05) is 51.9 Å². The molecule has 5 nitrogen and oxygen atoms in total. The lowest BCUT2D eigenvalue weighted by Gasteiger charge is -2.19. The normalized spacial score (nSPS) is 14.5. The van der Waals surface area contributed by atoms with Crippen molar-refractivity contribution in [2.75, 3.05) is 32.5 Å². The lowest BCUT2D eigenvalue weighted by atomic mass is 10.0. The molecular weight excluding hydrogens is 355 g/mol. The molecule has 1 aliphatic heterocycles. The van der Waals surface area contributed by atoms with Gasteiger partial charge in [0.25, 0.3) is 5.91 Å². The van der Waals surface area contributed by atoms with Gasteiger partial charge in [-0.1, -0.05) is 12.1 Å². The lowest BCUT2D eigenvalue weighted by Crippen LogP contribution is -2.25. The number of anilines is 1.